The van der Waals surface area contributed by atoms with Gasteiger partial charge in [0.25, 0.3) is 5.91 Å². The molecule has 0 fully saturated rings. The second-order valence-electron chi connectivity index (χ2n) is 11.3. The Labute approximate surface area is 293 Å². The van der Waals surface area contributed by atoms with E-state index in [9.17, 15) is 26.0 Å². The van der Waals surface area contributed by atoms with Crippen molar-refractivity contribution in [3.8, 4) is 17.2 Å². The summed E-state index contributed by atoms with van der Waals surface area (Å²) in [6, 6.07) is 21.9. The maximum absolute atomic E-state index is 14.3. The van der Waals surface area contributed by atoms with Crippen molar-refractivity contribution in [3.63, 3.8) is 0 Å². The van der Waals surface area contributed by atoms with Gasteiger partial charge in [0.05, 0.1) is 42.9 Å². The predicted molar refractivity (Wildman–Crippen MR) is 184 cm³/mol. The van der Waals surface area contributed by atoms with E-state index in [1.807, 2.05) is 0 Å². The lowest BCUT2D eigenvalue weighted by atomic mass is 10.1. The van der Waals surface area contributed by atoms with Gasteiger partial charge in [-0.15, -0.1) is 0 Å². The van der Waals surface area contributed by atoms with Gasteiger partial charge in [-0.1, -0.05) is 36.4 Å². The number of fused-ring (bicyclic) bond motifs is 1. The van der Waals surface area contributed by atoms with E-state index < -0.39 is 25.5 Å². The fourth-order valence-corrected chi connectivity index (χ4v) is 8.41. The SMILES string of the molecule is COc1cccc(S(=O)(=O)c2ccc(CN(Cc3ccc(S(=O)(=O)c4cccc(F)c4OC)cc3)C(=O)c3cnc4[nH]ncc4c3)cc2)c1OC. The summed E-state index contributed by atoms with van der Waals surface area (Å²) in [7, 11) is -4.18. The molecule has 51 heavy (non-hydrogen) atoms. The number of halogens is 1. The largest absolute Gasteiger partial charge is 0.493 e. The lowest BCUT2D eigenvalue weighted by Crippen LogP contribution is -2.30. The highest BCUT2D eigenvalue weighted by atomic mass is 32.2. The normalized spacial score (nSPS) is 11.7. The Morgan fingerprint density at radius 2 is 1.27 bits per heavy atom. The molecule has 0 bridgehead atoms. The zero-order valence-electron chi connectivity index (χ0n) is 27.5. The van der Waals surface area contributed by atoms with E-state index in [2.05, 4.69) is 15.2 Å². The smallest absolute Gasteiger partial charge is 0.256 e. The molecule has 6 rings (SSSR count). The van der Waals surface area contributed by atoms with Crippen LogP contribution in [0.2, 0.25) is 0 Å². The van der Waals surface area contributed by atoms with Gasteiger partial charge in [-0.05, 0) is 65.7 Å². The molecule has 262 valence electrons. The second kappa shape index (κ2) is 14.2. The molecular weight excluding hydrogens is 700 g/mol. The van der Waals surface area contributed by atoms with E-state index in [1.54, 1.807) is 48.7 Å². The number of nitrogens with one attached hydrogen (secondary N) is 1. The van der Waals surface area contributed by atoms with Crippen LogP contribution in [0.3, 0.4) is 0 Å². The third-order valence-electron chi connectivity index (χ3n) is 8.12. The van der Waals surface area contributed by atoms with Crippen LogP contribution in [-0.4, -0.2) is 64.2 Å². The first kappa shape index (κ1) is 35.0. The van der Waals surface area contributed by atoms with Crippen LogP contribution in [-0.2, 0) is 32.8 Å². The summed E-state index contributed by atoms with van der Waals surface area (Å²) in [5.41, 5.74) is 2.00. The number of sulfone groups is 2. The molecule has 0 unspecified atom stereocenters. The van der Waals surface area contributed by atoms with Crippen LogP contribution >= 0.6 is 0 Å². The summed E-state index contributed by atoms with van der Waals surface area (Å²) in [5.74, 6) is -1.23. The molecule has 1 N–H and O–H groups in total. The van der Waals surface area contributed by atoms with Crippen molar-refractivity contribution in [1.82, 2.24) is 20.1 Å². The van der Waals surface area contributed by atoms with Gasteiger partial charge in [0.15, 0.2) is 28.7 Å². The van der Waals surface area contributed by atoms with Gasteiger partial charge < -0.3 is 19.1 Å². The Kier molecular flexibility index (Phi) is 9.76. The number of methoxy groups -OCH3 is 3. The van der Waals surface area contributed by atoms with E-state index in [1.165, 1.54) is 74.9 Å². The molecule has 0 aliphatic carbocycles. The fraction of sp³-hybridized carbons (Fsp3) is 0.139. The molecule has 0 radical (unpaired) electrons. The fourth-order valence-electron chi connectivity index (χ4n) is 5.55. The standard InChI is InChI=1S/C36H31FN4O8S2/c1-47-30-7-5-9-32(34(30)49-3)51(45,46)28-16-12-24(13-17-28)22-41(36(42)26-18-25-20-39-40-35(25)38-19-26)21-23-10-14-27(15-11-23)50(43,44)31-8-4-6-29(37)33(31)48-2/h4-20H,21-22H2,1-3H3,(H,38,39,40). The number of rotatable bonds is 12. The summed E-state index contributed by atoms with van der Waals surface area (Å²) < 4.78 is 83.9. The Bertz CT molecular complexity index is 2450. The Balaban J connectivity index is 1.30. The number of amides is 1. The van der Waals surface area contributed by atoms with Crippen molar-refractivity contribution >= 4 is 36.6 Å². The molecular formula is C36H31FN4O8S2. The number of hydrogen-bond donors (Lipinski definition) is 1. The number of pyridine rings is 1. The Morgan fingerprint density at radius 1 is 0.725 bits per heavy atom. The van der Waals surface area contributed by atoms with Crippen molar-refractivity contribution in [2.75, 3.05) is 21.3 Å². The number of H-pyrrole nitrogens is 1. The first-order valence-electron chi connectivity index (χ1n) is 15.3. The summed E-state index contributed by atoms with van der Waals surface area (Å²) in [6.07, 6.45) is 2.97. The Hall–Kier alpha value is -5.80. The van der Waals surface area contributed by atoms with Gasteiger partial charge in [-0.2, -0.15) is 5.10 Å². The number of para-hydroxylation sites is 2. The molecule has 0 saturated heterocycles. The number of aromatic nitrogens is 3. The molecule has 0 aliphatic rings. The van der Waals surface area contributed by atoms with Crippen LogP contribution in [0.15, 0.2) is 123 Å². The first-order chi connectivity index (χ1) is 24.5. The summed E-state index contributed by atoms with van der Waals surface area (Å²) in [4.78, 5) is 19.3. The number of nitrogens with zero attached hydrogens (tertiary/aromatic N) is 3. The van der Waals surface area contributed by atoms with Gasteiger partial charge in [0.1, 0.15) is 9.79 Å². The van der Waals surface area contributed by atoms with E-state index >= 15 is 0 Å². The van der Waals surface area contributed by atoms with E-state index in [-0.39, 0.29) is 61.4 Å². The molecule has 1 amide bonds. The molecule has 0 saturated carbocycles. The maximum atomic E-state index is 14.3. The number of hydrogen-bond acceptors (Lipinski definition) is 10. The van der Waals surface area contributed by atoms with Gasteiger partial charge >= 0.3 is 0 Å². The minimum Gasteiger partial charge on any atom is -0.493 e. The summed E-state index contributed by atoms with van der Waals surface area (Å²) in [6.45, 7) is 0.110. The van der Waals surface area contributed by atoms with Gasteiger partial charge in [0, 0.05) is 24.7 Å². The van der Waals surface area contributed by atoms with Crippen LogP contribution in [0.4, 0.5) is 4.39 Å². The van der Waals surface area contributed by atoms with Crippen LogP contribution in [0.25, 0.3) is 11.0 Å². The number of aromatic amines is 1. The molecule has 4 aromatic carbocycles. The molecule has 12 nitrogen and oxygen atoms in total. The van der Waals surface area contributed by atoms with Crippen LogP contribution in [0.1, 0.15) is 21.5 Å². The average molecular weight is 731 g/mol. The van der Waals surface area contributed by atoms with Gasteiger partial charge in [-0.25, -0.2) is 26.2 Å². The van der Waals surface area contributed by atoms with Crippen molar-refractivity contribution in [2.45, 2.75) is 32.7 Å². The van der Waals surface area contributed by atoms with E-state index in [0.29, 0.717) is 22.2 Å². The van der Waals surface area contributed by atoms with Crippen molar-refractivity contribution in [2.24, 2.45) is 0 Å². The monoisotopic (exact) mass is 730 g/mol. The van der Waals surface area contributed by atoms with Gasteiger partial charge in [0.2, 0.25) is 19.7 Å². The Morgan fingerprint density at radius 3 is 1.82 bits per heavy atom. The van der Waals surface area contributed by atoms with Crippen LogP contribution in [0.5, 0.6) is 17.2 Å². The summed E-state index contributed by atoms with van der Waals surface area (Å²) in [5, 5.41) is 7.34. The number of carbonyl (C=O) groups excluding carboxylic acids is 1. The predicted octanol–water partition coefficient (Wildman–Crippen LogP) is 5.63. The lowest BCUT2D eigenvalue weighted by Gasteiger charge is -2.23. The van der Waals surface area contributed by atoms with Crippen molar-refractivity contribution < 1.29 is 40.2 Å². The average Bonchev–Trinajstić information content (AvgIpc) is 3.62. The zero-order valence-corrected chi connectivity index (χ0v) is 29.2. The molecule has 6 aromatic rings. The molecule has 2 heterocycles. The highest BCUT2D eigenvalue weighted by Crippen LogP contribution is 2.37. The topological polar surface area (TPSA) is 158 Å². The molecule has 0 spiro atoms. The number of ether oxygens (including phenoxy) is 3. The minimum absolute atomic E-state index is 0.0111. The maximum Gasteiger partial charge on any atom is 0.256 e. The number of carbonyl (C=O) groups is 1. The van der Waals surface area contributed by atoms with Crippen molar-refractivity contribution in [3.05, 3.63) is 126 Å². The summed E-state index contributed by atoms with van der Waals surface area (Å²) >= 11 is 0. The molecule has 0 atom stereocenters. The van der Waals surface area contributed by atoms with E-state index in [4.69, 9.17) is 14.2 Å². The molecule has 0 aliphatic heterocycles. The second-order valence-corrected chi connectivity index (χ2v) is 15.1. The lowest BCUT2D eigenvalue weighted by molar-refractivity contribution is 0.0729. The highest BCUT2D eigenvalue weighted by molar-refractivity contribution is 7.92. The highest BCUT2D eigenvalue weighted by Gasteiger charge is 2.27. The third kappa shape index (κ3) is 6.85. The first-order valence-corrected chi connectivity index (χ1v) is 18.2. The van der Waals surface area contributed by atoms with Gasteiger partial charge in [-0.3, -0.25) is 9.89 Å². The number of benzene rings is 4. The van der Waals surface area contributed by atoms with Crippen molar-refractivity contribution in [1.29, 1.82) is 0 Å². The molecule has 15 heteroatoms. The van der Waals surface area contributed by atoms with Crippen LogP contribution in [0, 0.1) is 5.82 Å². The minimum atomic E-state index is -4.14. The van der Waals surface area contributed by atoms with E-state index in [0.717, 1.165) is 6.07 Å². The van der Waals surface area contributed by atoms with Crippen LogP contribution < -0.4 is 14.2 Å². The third-order valence-corrected chi connectivity index (χ3v) is 11.7. The quantitative estimate of drug-likeness (QED) is 0.167. The molecule has 2 aromatic heterocycles. The zero-order chi connectivity index (χ0) is 36.3.